The van der Waals surface area contributed by atoms with Crippen molar-refractivity contribution in [3.63, 3.8) is 0 Å². The molecule has 3 heterocycles. The van der Waals surface area contributed by atoms with Crippen molar-refractivity contribution < 1.29 is 70.9 Å². The molecule has 11 atom stereocenters. The van der Waals surface area contributed by atoms with Crippen LogP contribution in [0, 0.1) is 12.8 Å². The van der Waals surface area contributed by atoms with Crippen LogP contribution in [0.4, 0.5) is 5.82 Å². The van der Waals surface area contributed by atoms with Crippen molar-refractivity contribution in [1.29, 1.82) is 0 Å². The van der Waals surface area contributed by atoms with Gasteiger partial charge in [-0.3, -0.25) is 18.1 Å². The average Bonchev–Trinajstić information content (AvgIpc) is 3.29. The van der Waals surface area contributed by atoms with E-state index in [0.29, 0.717) is 0 Å². The first-order chi connectivity index (χ1) is 21.9. The number of anilines is 1. The molecule has 0 saturated carbocycles. The van der Waals surface area contributed by atoms with E-state index in [2.05, 4.69) is 4.98 Å². The molecular weight excluding hydrogens is 673 g/mol. The van der Waals surface area contributed by atoms with Crippen molar-refractivity contribution in [3.05, 3.63) is 52.6 Å². The van der Waals surface area contributed by atoms with Crippen LogP contribution in [0.2, 0.25) is 0 Å². The largest absolute Gasteiger partial charge is 0.475 e. The number of phosphoric acid groups is 1. The Bertz CT molecular complexity index is 1630. The van der Waals surface area contributed by atoms with Gasteiger partial charge in [0.15, 0.2) is 12.5 Å². The number of phosphoric ester groups is 1. The number of aryl methyl sites for hydroxylation is 1. The summed E-state index contributed by atoms with van der Waals surface area (Å²) in [5.41, 5.74) is 5.30. The quantitative estimate of drug-likeness (QED) is 0.0653. The van der Waals surface area contributed by atoms with E-state index >= 15 is 0 Å². The molecule has 0 amide bonds. The maximum absolute atomic E-state index is 12.9. The molecule has 4 rings (SSSR count). The molecule has 0 spiro atoms. The highest BCUT2D eigenvalue weighted by molar-refractivity contribution is 7.86. The van der Waals surface area contributed by atoms with E-state index in [-0.39, 0.29) is 17.0 Å². The van der Waals surface area contributed by atoms with Crippen molar-refractivity contribution in [3.8, 4) is 0 Å². The lowest BCUT2D eigenvalue weighted by atomic mass is 9.85. The number of aromatic nitrogens is 2. The SMILES string of the molecule is Cc1ccc(S(=O)(=O)OC[C@@H](O)[C@@H](O)C2O[C@@](C=O)(OP(=O)(O)OCC3OC(n4ccc(N)nc4=O)[C@H](O)[C@@H]3O)C[C@@H](O)[C@H]2C)cc1. The Kier molecular flexibility index (Phi) is 11.4. The number of nitrogens with zero attached hydrogens (tertiary/aromatic N) is 2. The second-order valence-electron chi connectivity index (χ2n) is 11.2. The molecule has 2 saturated heterocycles. The number of rotatable bonds is 13. The molecule has 21 heteroatoms. The standard InChI is InChI=1S/C26H36N3O16PS/c1-13-3-5-15(6-4-13)47(39,40)42-10-17(32)20(33)23-14(2)16(31)9-26(12-30,44-23)45-46(37,38)41-11-18-21(34)22(35)24(43-18)29-8-7-19(27)28-25(29)36/h3-8,12,14,16-18,20-24,31-35H,9-11H2,1-2H3,(H,37,38)(H2,27,28,36)/t14-,16-,17-,18?,20-,21-,22-,23?,24?,26-/m1/s1. The molecule has 19 nitrogen and oxygen atoms in total. The minimum absolute atomic E-state index is 0.0833. The molecule has 262 valence electrons. The van der Waals surface area contributed by atoms with Gasteiger partial charge in [0.2, 0.25) is 5.79 Å². The molecule has 2 aliphatic heterocycles. The fourth-order valence-electron chi connectivity index (χ4n) is 4.97. The summed E-state index contributed by atoms with van der Waals surface area (Å²) < 4.78 is 64.4. The number of aldehydes is 1. The van der Waals surface area contributed by atoms with E-state index in [0.717, 1.165) is 16.3 Å². The summed E-state index contributed by atoms with van der Waals surface area (Å²) in [6.45, 7) is 1.21. The van der Waals surface area contributed by atoms with Gasteiger partial charge >= 0.3 is 13.5 Å². The minimum atomic E-state index is -5.33. The molecule has 4 unspecified atom stereocenters. The number of ether oxygens (including phenoxy) is 2. The number of nitrogens with two attached hydrogens (primary N) is 1. The van der Waals surface area contributed by atoms with Gasteiger partial charge in [-0.15, -0.1) is 0 Å². The molecule has 1 aromatic carbocycles. The van der Waals surface area contributed by atoms with E-state index in [4.69, 9.17) is 28.4 Å². The van der Waals surface area contributed by atoms with Crippen LogP contribution in [-0.4, -0.2) is 116 Å². The van der Waals surface area contributed by atoms with Gasteiger partial charge in [0.1, 0.15) is 36.3 Å². The molecular formula is C26H36N3O16PS. The van der Waals surface area contributed by atoms with Gasteiger partial charge < -0.3 is 45.6 Å². The van der Waals surface area contributed by atoms with Crippen LogP contribution in [0.5, 0.6) is 0 Å². The monoisotopic (exact) mass is 709 g/mol. The Morgan fingerprint density at radius 1 is 1.19 bits per heavy atom. The predicted octanol–water partition coefficient (Wildman–Crippen LogP) is -2.30. The smallest absolute Gasteiger partial charge is 0.393 e. The third kappa shape index (κ3) is 8.49. The van der Waals surface area contributed by atoms with Crippen molar-refractivity contribution in [2.45, 2.75) is 79.9 Å². The van der Waals surface area contributed by atoms with Crippen LogP contribution in [-0.2, 0) is 42.2 Å². The first-order valence-electron chi connectivity index (χ1n) is 14.1. The number of aliphatic hydroxyl groups is 5. The van der Waals surface area contributed by atoms with Gasteiger partial charge in [-0.05, 0) is 25.1 Å². The number of hydrogen-bond acceptors (Lipinski definition) is 17. The maximum atomic E-state index is 12.9. The molecule has 2 aliphatic rings. The Morgan fingerprint density at radius 3 is 2.47 bits per heavy atom. The number of nitrogen functional groups attached to an aromatic ring is 1. The molecule has 0 aliphatic carbocycles. The van der Waals surface area contributed by atoms with Gasteiger partial charge in [-0.2, -0.15) is 13.4 Å². The summed E-state index contributed by atoms with van der Waals surface area (Å²) in [5.74, 6) is -3.87. The van der Waals surface area contributed by atoms with E-state index < -0.39 is 104 Å². The Morgan fingerprint density at radius 2 is 1.85 bits per heavy atom. The van der Waals surface area contributed by atoms with Crippen LogP contribution in [0.15, 0.2) is 46.2 Å². The van der Waals surface area contributed by atoms with Crippen LogP contribution in [0.3, 0.4) is 0 Å². The zero-order valence-electron chi connectivity index (χ0n) is 25.0. The second kappa shape index (κ2) is 14.4. The molecule has 1 aromatic heterocycles. The summed E-state index contributed by atoms with van der Waals surface area (Å²) in [6, 6.07) is 6.83. The lowest BCUT2D eigenvalue weighted by Crippen LogP contribution is -2.58. The fraction of sp³-hybridized carbons (Fsp3) is 0.577. The summed E-state index contributed by atoms with van der Waals surface area (Å²) >= 11 is 0. The number of aliphatic hydroxyl groups excluding tert-OH is 5. The van der Waals surface area contributed by atoms with Crippen molar-refractivity contribution in [2.24, 2.45) is 5.92 Å². The molecule has 47 heavy (non-hydrogen) atoms. The third-order valence-electron chi connectivity index (χ3n) is 7.70. The van der Waals surface area contributed by atoms with E-state index in [9.17, 15) is 53.0 Å². The summed E-state index contributed by atoms with van der Waals surface area (Å²) in [4.78, 5) is 38.0. The fourth-order valence-corrected chi connectivity index (χ4v) is 6.84. The number of carbonyl (C=O) groups is 1. The van der Waals surface area contributed by atoms with Gasteiger partial charge in [-0.1, -0.05) is 24.6 Å². The second-order valence-corrected chi connectivity index (χ2v) is 14.2. The molecule has 8 N–H and O–H groups in total. The molecule has 0 bridgehead atoms. The Balaban J connectivity index is 1.41. The highest BCUT2D eigenvalue weighted by atomic mass is 32.2. The summed E-state index contributed by atoms with van der Waals surface area (Å²) in [7, 11) is -9.69. The van der Waals surface area contributed by atoms with Crippen LogP contribution in [0.1, 0.15) is 25.1 Å². The lowest BCUT2D eigenvalue weighted by Gasteiger charge is -2.45. The van der Waals surface area contributed by atoms with E-state index in [1.165, 1.54) is 37.3 Å². The van der Waals surface area contributed by atoms with Crippen molar-refractivity contribution >= 4 is 30.0 Å². The lowest BCUT2D eigenvalue weighted by molar-refractivity contribution is -0.281. The normalized spacial score (nSPS) is 32.4. The number of hydrogen-bond donors (Lipinski definition) is 7. The highest BCUT2D eigenvalue weighted by Crippen LogP contribution is 2.51. The molecule has 2 fully saturated rings. The Labute approximate surface area is 267 Å². The highest BCUT2D eigenvalue weighted by Gasteiger charge is 2.53. The van der Waals surface area contributed by atoms with Crippen LogP contribution < -0.4 is 11.4 Å². The average molecular weight is 710 g/mol. The van der Waals surface area contributed by atoms with Crippen molar-refractivity contribution in [1.82, 2.24) is 9.55 Å². The van der Waals surface area contributed by atoms with Crippen molar-refractivity contribution in [2.75, 3.05) is 18.9 Å². The van der Waals surface area contributed by atoms with Crippen LogP contribution in [0.25, 0.3) is 0 Å². The zero-order valence-corrected chi connectivity index (χ0v) is 26.7. The topological polar surface area (TPSA) is 297 Å². The van der Waals surface area contributed by atoms with Crippen LogP contribution >= 0.6 is 7.82 Å². The first kappa shape index (κ1) is 37.1. The number of benzene rings is 1. The van der Waals surface area contributed by atoms with Gasteiger partial charge in [0, 0.05) is 18.5 Å². The summed E-state index contributed by atoms with van der Waals surface area (Å²) in [6.07, 6.45) is -13.3. The van der Waals surface area contributed by atoms with Gasteiger partial charge in [0.25, 0.3) is 10.1 Å². The Hall–Kier alpha value is -2.69. The summed E-state index contributed by atoms with van der Waals surface area (Å²) in [5, 5.41) is 52.8. The van der Waals surface area contributed by atoms with Gasteiger partial charge in [0.05, 0.1) is 30.3 Å². The van der Waals surface area contributed by atoms with E-state index in [1.54, 1.807) is 6.92 Å². The number of carbonyl (C=O) groups excluding carboxylic acids is 1. The zero-order chi connectivity index (χ0) is 34.9. The van der Waals surface area contributed by atoms with Gasteiger partial charge in [-0.25, -0.2) is 13.9 Å². The third-order valence-corrected chi connectivity index (χ3v) is 10.0. The molecule has 2 aromatic rings. The van der Waals surface area contributed by atoms with E-state index in [1.807, 2.05) is 0 Å². The minimum Gasteiger partial charge on any atom is -0.393 e. The predicted molar refractivity (Wildman–Crippen MR) is 155 cm³/mol. The molecule has 0 radical (unpaired) electrons. The maximum Gasteiger partial charge on any atom is 0.475 e. The first-order valence-corrected chi connectivity index (χ1v) is 17.0.